The molecule has 0 fully saturated rings. The summed E-state index contributed by atoms with van der Waals surface area (Å²) in [6.07, 6.45) is -0.246. The summed E-state index contributed by atoms with van der Waals surface area (Å²) in [5.74, 6) is -0.478. The Kier molecular flexibility index (Phi) is 4.68. The normalized spacial score (nSPS) is 16.0. The van der Waals surface area contributed by atoms with Crippen LogP contribution in [-0.4, -0.2) is 32.8 Å². The van der Waals surface area contributed by atoms with Crippen LogP contribution < -0.4 is 0 Å². The second-order valence-electron chi connectivity index (χ2n) is 6.56. The third kappa shape index (κ3) is 3.59. The standard InChI is InChI=1S/C20H19FN4O2/c1-24(11-14-5-3-2-4-6-14)20(26)19-17-13-27-18(12-25(17)23-22-19)15-7-9-16(21)10-8-15/h2-10,18H,11-13H2,1H3/t18-/m1/s1. The monoisotopic (exact) mass is 366 g/mol. The second kappa shape index (κ2) is 7.28. The van der Waals surface area contributed by atoms with E-state index in [-0.39, 0.29) is 24.4 Å². The molecular weight excluding hydrogens is 347 g/mol. The number of amides is 1. The van der Waals surface area contributed by atoms with Gasteiger partial charge in [-0.05, 0) is 23.3 Å². The third-order valence-corrected chi connectivity index (χ3v) is 4.65. The number of rotatable bonds is 4. The smallest absolute Gasteiger partial charge is 0.276 e. The molecule has 0 aliphatic carbocycles. The minimum Gasteiger partial charge on any atom is -0.365 e. The van der Waals surface area contributed by atoms with Crippen molar-refractivity contribution in [3.63, 3.8) is 0 Å². The Morgan fingerprint density at radius 1 is 1.22 bits per heavy atom. The molecule has 27 heavy (non-hydrogen) atoms. The van der Waals surface area contributed by atoms with Crippen molar-refractivity contribution in [3.05, 3.63) is 82.9 Å². The summed E-state index contributed by atoms with van der Waals surface area (Å²) in [7, 11) is 1.74. The van der Waals surface area contributed by atoms with Gasteiger partial charge in [0.15, 0.2) is 5.69 Å². The fourth-order valence-corrected chi connectivity index (χ4v) is 3.17. The number of aromatic nitrogens is 3. The quantitative estimate of drug-likeness (QED) is 0.712. The molecule has 1 atom stereocenters. The first kappa shape index (κ1) is 17.4. The molecule has 0 unspecified atom stereocenters. The van der Waals surface area contributed by atoms with Crippen LogP contribution in [-0.2, 0) is 24.4 Å². The van der Waals surface area contributed by atoms with Gasteiger partial charge in [0.05, 0.1) is 18.8 Å². The number of hydrogen-bond acceptors (Lipinski definition) is 4. The second-order valence-corrected chi connectivity index (χ2v) is 6.56. The molecule has 138 valence electrons. The number of fused-ring (bicyclic) bond motifs is 1. The van der Waals surface area contributed by atoms with Crippen LogP contribution in [0.1, 0.15) is 33.4 Å². The van der Waals surface area contributed by atoms with E-state index in [0.29, 0.717) is 24.5 Å². The highest BCUT2D eigenvalue weighted by atomic mass is 19.1. The lowest BCUT2D eigenvalue weighted by molar-refractivity contribution is -0.00195. The Hall–Kier alpha value is -3.06. The van der Waals surface area contributed by atoms with Crippen molar-refractivity contribution >= 4 is 5.91 Å². The Morgan fingerprint density at radius 3 is 2.70 bits per heavy atom. The van der Waals surface area contributed by atoms with Crippen LogP contribution in [0, 0.1) is 5.82 Å². The van der Waals surface area contributed by atoms with Crippen LogP contribution >= 0.6 is 0 Å². The molecule has 6 nitrogen and oxygen atoms in total. The van der Waals surface area contributed by atoms with Gasteiger partial charge in [-0.3, -0.25) is 4.79 Å². The Balaban J connectivity index is 1.49. The maximum absolute atomic E-state index is 13.1. The Morgan fingerprint density at radius 2 is 1.96 bits per heavy atom. The summed E-state index contributed by atoms with van der Waals surface area (Å²) in [5.41, 5.74) is 2.89. The van der Waals surface area contributed by atoms with Crippen molar-refractivity contribution in [1.82, 2.24) is 19.9 Å². The SMILES string of the molecule is CN(Cc1ccccc1)C(=O)c1nnn2c1CO[C@@H](c1ccc(F)cc1)C2. The van der Waals surface area contributed by atoms with E-state index in [9.17, 15) is 9.18 Å². The van der Waals surface area contributed by atoms with Gasteiger partial charge in [-0.2, -0.15) is 0 Å². The summed E-state index contributed by atoms with van der Waals surface area (Å²) in [4.78, 5) is 14.4. The predicted octanol–water partition coefficient (Wildman–Crippen LogP) is 2.96. The highest BCUT2D eigenvalue weighted by Gasteiger charge is 2.29. The van der Waals surface area contributed by atoms with Gasteiger partial charge in [-0.15, -0.1) is 5.10 Å². The first-order valence-electron chi connectivity index (χ1n) is 8.70. The molecular formula is C20H19FN4O2. The van der Waals surface area contributed by atoms with Crippen LogP contribution in [0.25, 0.3) is 0 Å². The molecule has 0 radical (unpaired) electrons. The molecule has 1 amide bonds. The van der Waals surface area contributed by atoms with Gasteiger partial charge in [-0.25, -0.2) is 9.07 Å². The van der Waals surface area contributed by atoms with Crippen molar-refractivity contribution in [1.29, 1.82) is 0 Å². The molecule has 2 aromatic carbocycles. The first-order chi connectivity index (χ1) is 13.1. The molecule has 0 saturated carbocycles. The lowest BCUT2D eigenvalue weighted by Gasteiger charge is -2.25. The van der Waals surface area contributed by atoms with Gasteiger partial charge >= 0.3 is 0 Å². The molecule has 0 spiro atoms. The minimum absolute atomic E-state index is 0.191. The summed E-state index contributed by atoms with van der Waals surface area (Å²) < 4.78 is 20.7. The molecule has 1 aliphatic rings. The van der Waals surface area contributed by atoms with Gasteiger partial charge in [0.25, 0.3) is 5.91 Å². The Bertz CT molecular complexity index is 940. The molecule has 0 N–H and O–H groups in total. The molecule has 1 aliphatic heterocycles. The van der Waals surface area contributed by atoms with Crippen LogP contribution in [0.2, 0.25) is 0 Å². The summed E-state index contributed by atoms with van der Waals surface area (Å²) >= 11 is 0. The van der Waals surface area contributed by atoms with Gasteiger partial charge in [0.1, 0.15) is 11.9 Å². The molecule has 7 heteroatoms. The van der Waals surface area contributed by atoms with Crippen molar-refractivity contribution < 1.29 is 13.9 Å². The molecule has 0 bridgehead atoms. The maximum atomic E-state index is 13.1. The first-order valence-corrected chi connectivity index (χ1v) is 8.70. The van der Waals surface area contributed by atoms with Crippen LogP contribution in [0.5, 0.6) is 0 Å². The van der Waals surface area contributed by atoms with E-state index in [4.69, 9.17) is 4.74 Å². The van der Waals surface area contributed by atoms with Crippen LogP contribution in [0.4, 0.5) is 4.39 Å². The number of benzene rings is 2. The molecule has 4 rings (SSSR count). The fourth-order valence-electron chi connectivity index (χ4n) is 3.17. The molecule has 1 aromatic heterocycles. The predicted molar refractivity (Wildman–Crippen MR) is 96.2 cm³/mol. The third-order valence-electron chi connectivity index (χ3n) is 4.65. The largest absolute Gasteiger partial charge is 0.365 e. The number of hydrogen-bond donors (Lipinski definition) is 0. The number of carbonyl (C=O) groups excluding carboxylic acids is 1. The van der Waals surface area contributed by atoms with Crippen molar-refractivity contribution in [2.24, 2.45) is 0 Å². The number of carbonyl (C=O) groups is 1. The molecule has 2 heterocycles. The average Bonchev–Trinajstić information content (AvgIpc) is 3.12. The van der Waals surface area contributed by atoms with Crippen molar-refractivity contribution in [2.45, 2.75) is 25.8 Å². The lowest BCUT2D eigenvalue weighted by Crippen LogP contribution is -2.29. The van der Waals surface area contributed by atoms with Gasteiger partial charge in [0, 0.05) is 13.6 Å². The Labute approximate surface area is 156 Å². The highest BCUT2D eigenvalue weighted by molar-refractivity contribution is 5.93. The van der Waals surface area contributed by atoms with E-state index in [2.05, 4.69) is 10.3 Å². The zero-order valence-corrected chi connectivity index (χ0v) is 14.9. The van der Waals surface area contributed by atoms with Crippen LogP contribution in [0.15, 0.2) is 54.6 Å². The number of nitrogens with zero attached hydrogens (tertiary/aromatic N) is 4. The van der Waals surface area contributed by atoms with E-state index in [1.165, 1.54) is 12.1 Å². The minimum atomic E-state index is -0.287. The van der Waals surface area contributed by atoms with Gasteiger partial charge in [0.2, 0.25) is 0 Å². The van der Waals surface area contributed by atoms with Crippen molar-refractivity contribution in [2.75, 3.05) is 7.05 Å². The zero-order chi connectivity index (χ0) is 18.8. The van der Waals surface area contributed by atoms with E-state index in [1.807, 2.05) is 30.3 Å². The number of ether oxygens (including phenoxy) is 1. The van der Waals surface area contributed by atoms with E-state index in [1.54, 1.807) is 28.8 Å². The summed E-state index contributed by atoms with van der Waals surface area (Å²) in [5, 5.41) is 8.21. The van der Waals surface area contributed by atoms with Gasteiger partial charge in [-0.1, -0.05) is 47.7 Å². The van der Waals surface area contributed by atoms with E-state index in [0.717, 1.165) is 11.1 Å². The topological polar surface area (TPSA) is 60.2 Å². The highest BCUT2D eigenvalue weighted by Crippen LogP contribution is 2.27. The summed E-state index contributed by atoms with van der Waals surface area (Å²) in [6, 6.07) is 16.0. The zero-order valence-electron chi connectivity index (χ0n) is 14.9. The van der Waals surface area contributed by atoms with E-state index < -0.39 is 0 Å². The fraction of sp³-hybridized carbons (Fsp3) is 0.250. The summed E-state index contributed by atoms with van der Waals surface area (Å²) in [6.45, 7) is 1.16. The number of halogens is 1. The molecule has 3 aromatic rings. The maximum Gasteiger partial charge on any atom is 0.276 e. The van der Waals surface area contributed by atoms with Gasteiger partial charge < -0.3 is 9.64 Å². The molecule has 0 saturated heterocycles. The average molecular weight is 366 g/mol. The lowest BCUT2D eigenvalue weighted by atomic mass is 10.1. The van der Waals surface area contributed by atoms with E-state index >= 15 is 0 Å². The van der Waals surface area contributed by atoms with Crippen molar-refractivity contribution in [3.8, 4) is 0 Å². The van der Waals surface area contributed by atoms with Crippen LogP contribution in [0.3, 0.4) is 0 Å².